The molecule has 0 radical (unpaired) electrons. The SMILES string of the molecule is N#CCCN1C(=O)Cc2cc(C(N)=O)ccc21. The number of amides is 2. The summed E-state index contributed by atoms with van der Waals surface area (Å²) in [5.41, 5.74) is 7.15. The van der Waals surface area contributed by atoms with Gasteiger partial charge in [0.2, 0.25) is 11.8 Å². The Hall–Kier alpha value is -2.35. The Morgan fingerprint density at radius 1 is 1.53 bits per heavy atom. The van der Waals surface area contributed by atoms with E-state index < -0.39 is 5.91 Å². The maximum absolute atomic E-state index is 11.7. The molecule has 1 aliphatic rings. The molecule has 0 aromatic heterocycles. The fourth-order valence-electron chi connectivity index (χ4n) is 1.94. The number of carbonyl (C=O) groups is 2. The van der Waals surface area contributed by atoms with E-state index in [-0.39, 0.29) is 12.3 Å². The van der Waals surface area contributed by atoms with Gasteiger partial charge in [0.05, 0.1) is 18.9 Å². The Morgan fingerprint density at radius 2 is 2.29 bits per heavy atom. The van der Waals surface area contributed by atoms with Crippen LogP contribution in [0, 0.1) is 11.3 Å². The summed E-state index contributed by atoms with van der Waals surface area (Å²) in [6.45, 7) is 0.387. The van der Waals surface area contributed by atoms with Crippen molar-refractivity contribution in [3.8, 4) is 6.07 Å². The molecule has 0 saturated carbocycles. The number of nitrogens with two attached hydrogens (primary N) is 1. The monoisotopic (exact) mass is 229 g/mol. The van der Waals surface area contributed by atoms with Crippen LogP contribution in [0.4, 0.5) is 5.69 Å². The molecule has 0 fully saturated rings. The maximum Gasteiger partial charge on any atom is 0.248 e. The molecule has 2 amide bonds. The molecule has 1 aromatic carbocycles. The van der Waals surface area contributed by atoms with E-state index in [0.29, 0.717) is 18.5 Å². The third kappa shape index (κ3) is 1.97. The number of hydrogen-bond acceptors (Lipinski definition) is 3. The first kappa shape index (κ1) is 11.1. The van der Waals surface area contributed by atoms with E-state index in [4.69, 9.17) is 11.0 Å². The summed E-state index contributed by atoms with van der Waals surface area (Å²) < 4.78 is 0. The average Bonchev–Trinajstić information content (AvgIpc) is 2.61. The van der Waals surface area contributed by atoms with Gasteiger partial charge in [0.15, 0.2) is 0 Å². The van der Waals surface area contributed by atoms with Gasteiger partial charge in [0.25, 0.3) is 0 Å². The van der Waals surface area contributed by atoms with Crippen LogP contribution in [-0.4, -0.2) is 18.4 Å². The summed E-state index contributed by atoms with van der Waals surface area (Å²) in [4.78, 5) is 24.3. The molecule has 0 saturated heterocycles. The Bertz CT molecular complexity index is 531. The van der Waals surface area contributed by atoms with E-state index >= 15 is 0 Å². The maximum atomic E-state index is 11.7. The minimum atomic E-state index is -0.504. The fraction of sp³-hybridized carbons (Fsp3) is 0.250. The largest absolute Gasteiger partial charge is 0.366 e. The lowest BCUT2D eigenvalue weighted by Gasteiger charge is -2.15. The smallest absolute Gasteiger partial charge is 0.248 e. The summed E-state index contributed by atoms with van der Waals surface area (Å²) in [5, 5.41) is 8.53. The Kier molecular flexibility index (Phi) is 2.79. The van der Waals surface area contributed by atoms with Crippen molar-refractivity contribution in [2.24, 2.45) is 5.73 Å². The number of nitrogens with zero attached hydrogens (tertiary/aromatic N) is 2. The van der Waals surface area contributed by atoms with Crippen molar-refractivity contribution >= 4 is 17.5 Å². The highest BCUT2D eigenvalue weighted by atomic mass is 16.2. The Labute approximate surface area is 98.4 Å². The zero-order valence-electron chi connectivity index (χ0n) is 9.14. The summed E-state index contributed by atoms with van der Waals surface area (Å²) in [5.74, 6) is -0.549. The highest BCUT2D eigenvalue weighted by molar-refractivity contribution is 6.03. The molecule has 0 spiro atoms. The molecule has 0 aliphatic carbocycles. The zero-order valence-corrected chi connectivity index (χ0v) is 9.14. The van der Waals surface area contributed by atoms with Gasteiger partial charge in [-0.2, -0.15) is 5.26 Å². The van der Waals surface area contributed by atoms with E-state index in [1.165, 1.54) is 0 Å². The Balaban J connectivity index is 2.32. The average molecular weight is 229 g/mol. The molecule has 17 heavy (non-hydrogen) atoms. The highest BCUT2D eigenvalue weighted by Gasteiger charge is 2.27. The number of rotatable bonds is 3. The van der Waals surface area contributed by atoms with Crippen molar-refractivity contribution in [3.05, 3.63) is 29.3 Å². The summed E-state index contributed by atoms with van der Waals surface area (Å²) in [6, 6.07) is 6.95. The summed E-state index contributed by atoms with van der Waals surface area (Å²) in [6.07, 6.45) is 0.560. The van der Waals surface area contributed by atoms with Crippen LogP contribution in [0.25, 0.3) is 0 Å². The molecule has 0 bridgehead atoms. The van der Waals surface area contributed by atoms with Gasteiger partial charge >= 0.3 is 0 Å². The van der Waals surface area contributed by atoms with Gasteiger partial charge < -0.3 is 10.6 Å². The second kappa shape index (κ2) is 4.26. The number of nitriles is 1. The first-order chi connectivity index (χ1) is 8.13. The lowest BCUT2D eigenvalue weighted by atomic mass is 10.1. The second-order valence-corrected chi connectivity index (χ2v) is 3.84. The zero-order chi connectivity index (χ0) is 12.4. The van der Waals surface area contributed by atoms with Crippen molar-refractivity contribution in [2.45, 2.75) is 12.8 Å². The molecular weight excluding hydrogens is 218 g/mol. The highest BCUT2D eigenvalue weighted by Crippen LogP contribution is 2.29. The molecule has 1 aromatic rings. The van der Waals surface area contributed by atoms with Gasteiger partial charge in [0, 0.05) is 17.8 Å². The van der Waals surface area contributed by atoms with Crippen molar-refractivity contribution in [2.75, 3.05) is 11.4 Å². The third-order valence-electron chi connectivity index (χ3n) is 2.74. The third-order valence-corrected chi connectivity index (χ3v) is 2.74. The van der Waals surface area contributed by atoms with E-state index in [9.17, 15) is 9.59 Å². The number of benzene rings is 1. The van der Waals surface area contributed by atoms with E-state index in [0.717, 1.165) is 11.3 Å². The molecule has 5 heteroatoms. The van der Waals surface area contributed by atoms with Gasteiger partial charge in [0.1, 0.15) is 0 Å². The lowest BCUT2D eigenvalue weighted by molar-refractivity contribution is -0.117. The van der Waals surface area contributed by atoms with Crippen LogP contribution in [0.5, 0.6) is 0 Å². The molecule has 1 aliphatic heterocycles. The van der Waals surface area contributed by atoms with E-state index in [1.54, 1.807) is 23.1 Å². The number of fused-ring (bicyclic) bond motifs is 1. The van der Waals surface area contributed by atoms with E-state index in [2.05, 4.69) is 0 Å². The summed E-state index contributed by atoms with van der Waals surface area (Å²) in [7, 11) is 0. The van der Waals surface area contributed by atoms with Gasteiger partial charge in [-0.1, -0.05) is 0 Å². The quantitative estimate of drug-likeness (QED) is 0.822. The minimum absolute atomic E-state index is 0.0446. The molecule has 0 atom stereocenters. The number of carbonyl (C=O) groups excluding carboxylic acids is 2. The van der Waals surface area contributed by atoms with Crippen LogP contribution < -0.4 is 10.6 Å². The first-order valence-electron chi connectivity index (χ1n) is 5.23. The topological polar surface area (TPSA) is 87.2 Å². The van der Waals surface area contributed by atoms with Crippen LogP contribution >= 0.6 is 0 Å². The summed E-state index contributed by atoms with van der Waals surface area (Å²) >= 11 is 0. The molecule has 2 N–H and O–H groups in total. The van der Waals surface area contributed by atoms with Gasteiger partial charge in [-0.05, 0) is 23.8 Å². The molecule has 2 rings (SSSR count). The van der Waals surface area contributed by atoms with Gasteiger partial charge in [-0.25, -0.2) is 0 Å². The number of primary amides is 1. The minimum Gasteiger partial charge on any atom is -0.366 e. The van der Waals surface area contributed by atoms with Crippen LogP contribution in [0.2, 0.25) is 0 Å². The van der Waals surface area contributed by atoms with Crippen molar-refractivity contribution in [1.82, 2.24) is 0 Å². The van der Waals surface area contributed by atoms with Crippen LogP contribution in [0.1, 0.15) is 22.3 Å². The van der Waals surface area contributed by atoms with Crippen molar-refractivity contribution in [1.29, 1.82) is 5.26 Å². The van der Waals surface area contributed by atoms with Crippen LogP contribution in [-0.2, 0) is 11.2 Å². The predicted octanol–water partition coefficient (Wildman–Crippen LogP) is 0.588. The molecular formula is C12H11N3O2. The number of hydrogen-bond donors (Lipinski definition) is 1. The fourth-order valence-corrected chi connectivity index (χ4v) is 1.94. The molecule has 1 heterocycles. The Morgan fingerprint density at radius 3 is 2.94 bits per heavy atom. The second-order valence-electron chi connectivity index (χ2n) is 3.84. The van der Waals surface area contributed by atoms with Crippen LogP contribution in [0.15, 0.2) is 18.2 Å². The molecule has 0 unspecified atom stereocenters. The normalized spacial score (nSPS) is 13.4. The molecule has 5 nitrogen and oxygen atoms in total. The van der Waals surface area contributed by atoms with E-state index in [1.807, 2.05) is 6.07 Å². The standard InChI is InChI=1S/C12H11N3O2/c13-4-1-5-15-10-3-2-8(12(14)17)6-9(10)7-11(15)16/h2-3,6H,1,5,7H2,(H2,14,17). The predicted molar refractivity (Wildman–Crippen MR) is 61.2 cm³/mol. The lowest BCUT2D eigenvalue weighted by Crippen LogP contribution is -2.27. The van der Waals surface area contributed by atoms with Gasteiger partial charge in [-0.15, -0.1) is 0 Å². The van der Waals surface area contributed by atoms with Crippen molar-refractivity contribution in [3.63, 3.8) is 0 Å². The van der Waals surface area contributed by atoms with Crippen LogP contribution in [0.3, 0.4) is 0 Å². The van der Waals surface area contributed by atoms with Gasteiger partial charge in [-0.3, -0.25) is 9.59 Å². The first-order valence-corrected chi connectivity index (χ1v) is 5.23. The number of anilines is 1. The van der Waals surface area contributed by atoms with Crippen molar-refractivity contribution < 1.29 is 9.59 Å². The molecule has 86 valence electrons.